The third kappa shape index (κ3) is 7.42. The lowest BCUT2D eigenvalue weighted by molar-refractivity contribution is -0.137. The van der Waals surface area contributed by atoms with Gasteiger partial charge in [0.15, 0.2) is 0 Å². The van der Waals surface area contributed by atoms with Crippen LogP contribution in [-0.4, -0.2) is 29.3 Å². The van der Waals surface area contributed by atoms with Crippen LogP contribution in [0.15, 0.2) is 24.5 Å². The Labute approximate surface area is 130 Å². The highest BCUT2D eigenvalue weighted by atomic mass is 16.6. The molecule has 0 fully saturated rings. The van der Waals surface area contributed by atoms with Crippen molar-refractivity contribution in [3.8, 4) is 0 Å². The summed E-state index contributed by atoms with van der Waals surface area (Å²) in [6.45, 7) is 7.78. The van der Waals surface area contributed by atoms with E-state index >= 15 is 0 Å². The van der Waals surface area contributed by atoms with Gasteiger partial charge >= 0.3 is 12.1 Å². The van der Waals surface area contributed by atoms with Crippen LogP contribution in [0.4, 0.5) is 4.79 Å². The molecule has 1 N–H and O–H groups in total. The molecule has 1 aromatic rings. The van der Waals surface area contributed by atoms with E-state index in [-0.39, 0.29) is 0 Å². The van der Waals surface area contributed by atoms with Crippen LogP contribution < -0.4 is 5.32 Å². The number of amides is 1. The number of carbonyl (C=O) groups is 2. The molecular weight excluding hydrogens is 284 g/mol. The number of hydrogen-bond acceptors (Lipinski definition) is 5. The zero-order chi connectivity index (χ0) is 16.6. The highest BCUT2D eigenvalue weighted by Gasteiger charge is 2.15. The molecule has 0 unspecified atom stereocenters. The largest absolute Gasteiger partial charge is 0.463 e. The molecule has 0 aliphatic heterocycles. The Bertz CT molecular complexity index is 547. The standard InChI is InChI=1S/C16H22N2O4/c1-5-21-14(19)7-6-12-8-13(10-17-9-12)11-18-15(20)22-16(2,3)4/h6-10H,5,11H2,1-4H3,(H,18,20)/b7-6+. The van der Waals surface area contributed by atoms with Crippen LogP contribution in [0.25, 0.3) is 6.08 Å². The van der Waals surface area contributed by atoms with E-state index in [9.17, 15) is 9.59 Å². The number of nitrogens with zero attached hydrogens (tertiary/aromatic N) is 1. The number of rotatable bonds is 5. The Balaban J connectivity index is 2.57. The first-order chi connectivity index (χ1) is 10.3. The van der Waals surface area contributed by atoms with Gasteiger partial charge in [0.1, 0.15) is 5.60 Å². The summed E-state index contributed by atoms with van der Waals surface area (Å²) in [5.41, 5.74) is 1.01. The third-order valence-electron chi connectivity index (χ3n) is 2.35. The molecule has 0 saturated heterocycles. The lowest BCUT2D eigenvalue weighted by Crippen LogP contribution is -2.32. The van der Waals surface area contributed by atoms with Crippen LogP contribution in [0.1, 0.15) is 38.8 Å². The summed E-state index contributed by atoms with van der Waals surface area (Å²) in [5.74, 6) is -0.403. The zero-order valence-corrected chi connectivity index (χ0v) is 13.4. The Morgan fingerprint density at radius 1 is 1.32 bits per heavy atom. The van der Waals surface area contributed by atoms with Crippen LogP contribution in [0.3, 0.4) is 0 Å². The van der Waals surface area contributed by atoms with E-state index in [0.29, 0.717) is 13.2 Å². The topological polar surface area (TPSA) is 77.5 Å². The number of carbonyl (C=O) groups excluding carboxylic acids is 2. The van der Waals surface area contributed by atoms with Gasteiger partial charge in [-0.05, 0) is 51.0 Å². The summed E-state index contributed by atoms with van der Waals surface area (Å²) in [7, 11) is 0. The second-order valence-electron chi connectivity index (χ2n) is 5.57. The molecule has 120 valence electrons. The molecule has 0 spiro atoms. The smallest absolute Gasteiger partial charge is 0.407 e. The second kappa shape index (κ2) is 8.17. The van der Waals surface area contributed by atoms with Gasteiger partial charge in [-0.2, -0.15) is 0 Å². The molecule has 6 nitrogen and oxygen atoms in total. The van der Waals surface area contributed by atoms with Crippen molar-refractivity contribution in [3.63, 3.8) is 0 Å². The normalized spacial score (nSPS) is 11.3. The van der Waals surface area contributed by atoms with Crippen molar-refractivity contribution in [3.05, 3.63) is 35.7 Å². The van der Waals surface area contributed by atoms with E-state index < -0.39 is 17.7 Å². The number of alkyl carbamates (subject to hydrolysis) is 1. The van der Waals surface area contributed by atoms with Crippen molar-refractivity contribution >= 4 is 18.1 Å². The number of esters is 1. The molecule has 0 bridgehead atoms. The molecular formula is C16H22N2O4. The van der Waals surface area contributed by atoms with Crippen LogP contribution in [0, 0.1) is 0 Å². The molecule has 0 aromatic carbocycles. The Morgan fingerprint density at radius 3 is 2.68 bits per heavy atom. The maximum absolute atomic E-state index is 11.6. The minimum atomic E-state index is -0.535. The van der Waals surface area contributed by atoms with E-state index in [1.54, 1.807) is 46.2 Å². The number of nitrogens with one attached hydrogen (secondary N) is 1. The second-order valence-corrected chi connectivity index (χ2v) is 5.57. The quantitative estimate of drug-likeness (QED) is 0.668. The van der Waals surface area contributed by atoms with Gasteiger partial charge in [0.25, 0.3) is 0 Å². The van der Waals surface area contributed by atoms with Crippen molar-refractivity contribution < 1.29 is 19.1 Å². The molecule has 0 aliphatic carbocycles. The molecule has 1 rings (SSSR count). The molecule has 0 saturated carbocycles. The molecule has 22 heavy (non-hydrogen) atoms. The maximum atomic E-state index is 11.6. The Kier molecular flexibility index (Phi) is 6.56. The highest BCUT2D eigenvalue weighted by molar-refractivity contribution is 5.86. The summed E-state index contributed by atoms with van der Waals surface area (Å²) in [5, 5.41) is 2.65. The van der Waals surface area contributed by atoms with Gasteiger partial charge in [-0.15, -0.1) is 0 Å². The van der Waals surface area contributed by atoms with Crippen molar-refractivity contribution in [1.29, 1.82) is 0 Å². The SMILES string of the molecule is CCOC(=O)/C=C/c1cncc(CNC(=O)OC(C)(C)C)c1. The Hall–Kier alpha value is -2.37. The Morgan fingerprint density at radius 2 is 2.05 bits per heavy atom. The highest BCUT2D eigenvalue weighted by Crippen LogP contribution is 2.08. The van der Waals surface area contributed by atoms with Gasteiger partial charge in [0.2, 0.25) is 0 Å². The number of aromatic nitrogens is 1. The summed E-state index contributed by atoms with van der Waals surface area (Å²) in [6, 6.07) is 1.82. The van der Waals surface area contributed by atoms with Gasteiger partial charge in [0, 0.05) is 25.0 Å². The van der Waals surface area contributed by atoms with Gasteiger partial charge in [-0.25, -0.2) is 9.59 Å². The van der Waals surface area contributed by atoms with Gasteiger partial charge < -0.3 is 14.8 Å². The summed E-state index contributed by atoms with van der Waals surface area (Å²) in [6.07, 6.45) is 5.72. The van der Waals surface area contributed by atoms with E-state index in [1.807, 2.05) is 6.07 Å². The van der Waals surface area contributed by atoms with E-state index in [0.717, 1.165) is 11.1 Å². The van der Waals surface area contributed by atoms with Gasteiger partial charge in [-0.3, -0.25) is 4.98 Å². The predicted molar refractivity (Wildman–Crippen MR) is 83.0 cm³/mol. The van der Waals surface area contributed by atoms with Crippen molar-refractivity contribution in [2.75, 3.05) is 6.61 Å². The third-order valence-corrected chi connectivity index (χ3v) is 2.35. The first-order valence-corrected chi connectivity index (χ1v) is 7.06. The lowest BCUT2D eigenvalue weighted by Gasteiger charge is -2.19. The molecule has 0 atom stereocenters. The monoisotopic (exact) mass is 306 g/mol. The van der Waals surface area contributed by atoms with Gasteiger partial charge in [-0.1, -0.05) is 0 Å². The molecule has 1 heterocycles. The molecule has 6 heteroatoms. The average molecular weight is 306 g/mol. The summed E-state index contributed by atoms with van der Waals surface area (Å²) < 4.78 is 9.95. The van der Waals surface area contributed by atoms with Crippen molar-refractivity contribution in [2.45, 2.75) is 39.8 Å². The first kappa shape index (κ1) is 17.7. The molecule has 1 amide bonds. The van der Waals surface area contributed by atoms with E-state index in [1.165, 1.54) is 6.08 Å². The predicted octanol–water partition coefficient (Wildman–Crippen LogP) is 2.68. The summed E-state index contributed by atoms with van der Waals surface area (Å²) >= 11 is 0. The maximum Gasteiger partial charge on any atom is 0.407 e. The number of ether oxygens (including phenoxy) is 2. The van der Waals surface area contributed by atoms with Crippen LogP contribution >= 0.6 is 0 Å². The first-order valence-electron chi connectivity index (χ1n) is 7.06. The fourth-order valence-corrected chi connectivity index (χ4v) is 1.54. The van der Waals surface area contributed by atoms with Crippen LogP contribution in [0.2, 0.25) is 0 Å². The molecule has 0 aliphatic rings. The van der Waals surface area contributed by atoms with Crippen molar-refractivity contribution in [1.82, 2.24) is 10.3 Å². The number of hydrogen-bond donors (Lipinski definition) is 1. The van der Waals surface area contributed by atoms with Crippen LogP contribution in [0.5, 0.6) is 0 Å². The average Bonchev–Trinajstić information content (AvgIpc) is 2.42. The lowest BCUT2D eigenvalue weighted by atomic mass is 10.2. The van der Waals surface area contributed by atoms with E-state index in [4.69, 9.17) is 9.47 Å². The molecule has 0 radical (unpaired) electrons. The van der Waals surface area contributed by atoms with Crippen molar-refractivity contribution in [2.24, 2.45) is 0 Å². The van der Waals surface area contributed by atoms with Crippen LogP contribution in [-0.2, 0) is 20.8 Å². The minimum absolute atomic E-state index is 0.295. The number of pyridine rings is 1. The zero-order valence-electron chi connectivity index (χ0n) is 13.4. The fraction of sp³-hybridized carbons (Fsp3) is 0.438. The molecule has 1 aromatic heterocycles. The summed E-state index contributed by atoms with van der Waals surface area (Å²) in [4.78, 5) is 26.9. The fourth-order valence-electron chi connectivity index (χ4n) is 1.54. The minimum Gasteiger partial charge on any atom is -0.463 e. The van der Waals surface area contributed by atoms with Gasteiger partial charge in [0.05, 0.1) is 6.61 Å². The van der Waals surface area contributed by atoms with E-state index in [2.05, 4.69) is 10.3 Å².